The van der Waals surface area contributed by atoms with Gasteiger partial charge in [-0.05, 0) is 11.6 Å². The van der Waals surface area contributed by atoms with Crippen molar-refractivity contribution in [2.24, 2.45) is 0 Å². The summed E-state index contributed by atoms with van der Waals surface area (Å²) < 4.78 is 1.67. The summed E-state index contributed by atoms with van der Waals surface area (Å²) in [6, 6.07) is 17.0. The number of rotatable bonds is 4. The molecule has 0 aliphatic heterocycles. The van der Waals surface area contributed by atoms with Gasteiger partial charge in [0.05, 0.1) is 6.04 Å². The second kappa shape index (κ2) is 5.44. The van der Waals surface area contributed by atoms with E-state index in [0.717, 1.165) is 11.1 Å². The summed E-state index contributed by atoms with van der Waals surface area (Å²) in [5.74, 6) is 0.252. The van der Waals surface area contributed by atoms with E-state index in [1.807, 2.05) is 42.5 Å². The number of nitrogens with zero attached hydrogens (tertiary/aromatic N) is 3. The van der Waals surface area contributed by atoms with Crippen LogP contribution in [-0.4, -0.2) is 20.0 Å². The van der Waals surface area contributed by atoms with E-state index in [1.54, 1.807) is 29.5 Å². The SMILES string of the molecule is Oc1ccccc1C(Nn1cnnc1)c1ccccc1. The highest BCUT2D eigenvalue weighted by Crippen LogP contribution is 2.29. The van der Waals surface area contributed by atoms with Crippen LogP contribution in [0.4, 0.5) is 0 Å². The van der Waals surface area contributed by atoms with Crippen molar-refractivity contribution in [3.05, 3.63) is 78.4 Å². The van der Waals surface area contributed by atoms with E-state index in [2.05, 4.69) is 15.6 Å². The molecule has 0 aliphatic carbocycles. The van der Waals surface area contributed by atoms with Crippen molar-refractivity contribution < 1.29 is 5.11 Å². The van der Waals surface area contributed by atoms with E-state index in [4.69, 9.17) is 0 Å². The molecule has 3 rings (SSSR count). The summed E-state index contributed by atoms with van der Waals surface area (Å²) in [6.45, 7) is 0. The molecule has 5 nitrogen and oxygen atoms in total. The Morgan fingerprint density at radius 1 is 0.900 bits per heavy atom. The van der Waals surface area contributed by atoms with Gasteiger partial charge in [-0.25, -0.2) is 4.68 Å². The quantitative estimate of drug-likeness (QED) is 0.760. The Labute approximate surface area is 116 Å². The molecule has 2 N–H and O–H groups in total. The Morgan fingerprint density at radius 3 is 2.25 bits per heavy atom. The largest absolute Gasteiger partial charge is 0.508 e. The van der Waals surface area contributed by atoms with E-state index in [-0.39, 0.29) is 11.8 Å². The minimum atomic E-state index is -0.187. The van der Waals surface area contributed by atoms with Gasteiger partial charge < -0.3 is 10.5 Å². The normalized spacial score (nSPS) is 12.0. The molecule has 1 heterocycles. The number of hydrogen-bond donors (Lipinski definition) is 2. The molecule has 0 spiro atoms. The van der Waals surface area contributed by atoms with Gasteiger partial charge in [-0.2, -0.15) is 0 Å². The first-order chi connectivity index (χ1) is 9.84. The first-order valence-electron chi connectivity index (χ1n) is 6.28. The molecular weight excluding hydrogens is 252 g/mol. The maximum atomic E-state index is 10.1. The molecule has 0 saturated heterocycles. The lowest BCUT2D eigenvalue weighted by Crippen LogP contribution is -2.21. The van der Waals surface area contributed by atoms with Crippen LogP contribution in [0.3, 0.4) is 0 Å². The highest BCUT2D eigenvalue weighted by molar-refractivity contribution is 5.42. The third-order valence-corrected chi connectivity index (χ3v) is 3.08. The number of aromatic nitrogens is 3. The predicted octanol–water partition coefficient (Wildman–Crippen LogP) is 2.32. The van der Waals surface area contributed by atoms with Crippen LogP contribution < -0.4 is 5.43 Å². The Balaban J connectivity index is 2.02. The average Bonchev–Trinajstić information content (AvgIpc) is 3.00. The van der Waals surface area contributed by atoms with Gasteiger partial charge in [-0.1, -0.05) is 48.5 Å². The van der Waals surface area contributed by atoms with Crippen LogP contribution in [0.25, 0.3) is 0 Å². The van der Waals surface area contributed by atoms with Crippen molar-refractivity contribution in [1.29, 1.82) is 0 Å². The minimum Gasteiger partial charge on any atom is -0.508 e. The fourth-order valence-electron chi connectivity index (χ4n) is 2.12. The highest BCUT2D eigenvalue weighted by Gasteiger charge is 2.17. The van der Waals surface area contributed by atoms with Crippen molar-refractivity contribution in [2.45, 2.75) is 6.04 Å². The van der Waals surface area contributed by atoms with Gasteiger partial charge >= 0.3 is 0 Å². The minimum absolute atomic E-state index is 0.187. The first kappa shape index (κ1) is 12.2. The molecular formula is C15H14N4O. The summed E-state index contributed by atoms with van der Waals surface area (Å²) in [6.07, 6.45) is 3.16. The van der Waals surface area contributed by atoms with Crippen molar-refractivity contribution in [3.63, 3.8) is 0 Å². The van der Waals surface area contributed by atoms with Crippen LogP contribution in [0.5, 0.6) is 5.75 Å². The van der Waals surface area contributed by atoms with Crippen LogP contribution in [0, 0.1) is 0 Å². The molecule has 1 aromatic heterocycles. The summed E-state index contributed by atoms with van der Waals surface area (Å²) in [5, 5.41) is 17.6. The van der Waals surface area contributed by atoms with Crippen molar-refractivity contribution in [2.75, 3.05) is 5.43 Å². The molecule has 1 unspecified atom stereocenters. The van der Waals surface area contributed by atoms with Crippen molar-refractivity contribution in [1.82, 2.24) is 14.9 Å². The maximum Gasteiger partial charge on any atom is 0.138 e. The van der Waals surface area contributed by atoms with Gasteiger partial charge in [0.2, 0.25) is 0 Å². The highest BCUT2D eigenvalue weighted by atomic mass is 16.3. The smallest absolute Gasteiger partial charge is 0.138 e. The monoisotopic (exact) mass is 266 g/mol. The number of nitrogens with one attached hydrogen (secondary N) is 1. The lowest BCUT2D eigenvalue weighted by Gasteiger charge is -2.21. The molecule has 20 heavy (non-hydrogen) atoms. The third-order valence-electron chi connectivity index (χ3n) is 3.08. The van der Waals surface area contributed by atoms with Crippen molar-refractivity contribution in [3.8, 4) is 5.75 Å². The van der Waals surface area contributed by atoms with E-state index >= 15 is 0 Å². The van der Waals surface area contributed by atoms with Crippen molar-refractivity contribution >= 4 is 0 Å². The first-order valence-corrected chi connectivity index (χ1v) is 6.28. The standard InChI is InChI=1S/C15H14N4O/c20-14-9-5-4-8-13(14)15(12-6-2-1-3-7-12)18-19-10-16-17-11-19/h1-11,15,18,20H. The molecule has 5 heteroatoms. The second-order valence-corrected chi connectivity index (χ2v) is 4.40. The van der Waals surface area contributed by atoms with Gasteiger partial charge in [0.15, 0.2) is 0 Å². The molecule has 0 bridgehead atoms. The van der Waals surface area contributed by atoms with Crippen LogP contribution >= 0.6 is 0 Å². The number of aromatic hydroxyl groups is 1. The fourth-order valence-corrected chi connectivity index (χ4v) is 2.12. The number of phenols is 1. The number of hydrogen-bond acceptors (Lipinski definition) is 4. The molecule has 1 atom stereocenters. The van der Waals surface area contributed by atoms with Gasteiger partial charge in [0.1, 0.15) is 18.4 Å². The van der Waals surface area contributed by atoms with Gasteiger partial charge in [0, 0.05) is 5.56 Å². The Hall–Kier alpha value is -2.82. The van der Waals surface area contributed by atoms with Crippen LogP contribution in [0.2, 0.25) is 0 Å². The molecule has 0 saturated carbocycles. The Bertz CT molecular complexity index is 667. The molecule has 0 radical (unpaired) electrons. The van der Waals surface area contributed by atoms with Gasteiger partial charge in [0.25, 0.3) is 0 Å². The van der Waals surface area contributed by atoms with E-state index in [1.165, 1.54) is 0 Å². The molecule has 0 aliphatic rings. The third kappa shape index (κ3) is 2.47. The molecule has 2 aromatic carbocycles. The summed E-state index contributed by atoms with van der Waals surface area (Å²) >= 11 is 0. The van der Waals surface area contributed by atoms with Crippen LogP contribution in [0.1, 0.15) is 17.2 Å². The molecule has 0 amide bonds. The zero-order valence-corrected chi connectivity index (χ0v) is 10.7. The molecule has 100 valence electrons. The van der Waals surface area contributed by atoms with Gasteiger partial charge in [-0.15, -0.1) is 10.2 Å². The zero-order chi connectivity index (χ0) is 13.8. The molecule has 0 fully saturated rings. The van der Waals surface area contributed by atoms with Crippen LogP contribution in [0.15, 0.2) is 67.3 Å². The average molecular weight is 266 g/mol. The van der Waals surface area contributed by atoms with Crippen LogP contribution in [-0.2, 0) is 0 Å². The summed E-state index contributed by atoms with van der Waals surface area (Å²) in [7, 11) is 0. The lowest BCUT2D eigenvalue weighted by atomic mass is 9.98. The maximum absolute atomic E-state index is 10.1. The second-order valence-electron chi connectivity index (χ2n) is 4.40. The predicted molar refractivity (Wildman–Crippen MR) is 75.8 cm³/mol. The Kier molecular flexibility index (Phi) is 3.33. The van der Waals surface area contributed by atoms with E-state index < -0.39 is 0 Å². The lowest BCUT2D eigenvalue weighted by molar-refractivity contribution is 0.465. The summed E-state index contributed by atoms with van der Waals surface area (Å²) in [5.41, 5.74) is 5.11. The van der Waals surface area contributed by atoms with E-state index in [9.17, 15) is 5.11 Å². The number of benzene rings is 2. The fraction of sp³-hybridized carbons (Fsp3) is 0.0667. The topological polar surface area (TPSA) is 63.0 Å². The van der Waals surface area contributed by atoms with E-state index in [0.29, 0.717) is 0 Å². The Morgan fingerprint density at radius 2 is 1.55 bits per heavy atom. The summed E-state index contributed by atoms with van der Waals surface area (Å²) in [4.78, 5) is 0. The number of para-hydroxylation sites is 1. The zero-order valence-electron chi connectivity index (χ0n) is 10.7. The number of phenolic OH excluding ortho intramolecular Hbond substituents is 1. The van der Waals surface area contributed by atoms with Gasteiger partial charge in [-0.3, -0.25) is 0 Å². The molecule has 3 aromatic rings.